The van der Waals surface area contributed by atoms with Crippen molar-refractivity contribution in [2.45, 2.75) is 46.1 Å². The molecule has 0 radical (unpaired) electrons. The Balaban J connectivity index is 2.47. The van der Waals surface area contributed by atoms with E-state index in [9.17, 15) is 0 Å². The molecule has 0 aliphatic carbocycles. The summed E-state index contributed by atoms with van der Waals surface area (Å²) in [6, 6.07) is 0.540. The Bertz CT molecular complexity index is 278. The van der Waals surface area contributed by atoms with Gasteiger partial charge < -0.3 is 5.32 Å². The van der Waals surface area contributed by atoms with Gasteiger partial charge >= 0.3 is 0 Å². The quantitative estimate of drug-likeness (QED) is 0.783. The highest BCUT2D eigenvalue weighted by Crippen LogP contribution is 2.14. The van der Waals surface area contributed by atoms with Crippen molar-refractivity contribution < 1.29 is 0 Å². The van der Waals surface area contributed by atoms with Gasteiger partial charge in [0.2, 0.25) is 0 Å². The van der Waals surface area contributed by atoms with Crippen molar-refractivity contribution in [1.82, 2.24) is 9.78 Å². The summed E-state index contributed by atoms with van der Waals surface area (Å²) in [4.78, 5) is 0. The van der Waals surface area contributed by atoms with E-state index in [1.165, 1.54) is 19.3 Å². The first kappa shape index (κ1) is 11.1. The SMILES string of the molecule is CCCCC(C)Nc1cn(C)nc1C. The van der Waals surface area contributed by atoms with Crippen LogP contribution in [0.2, 0.25) is 0 Å². The summed E-state index contributed by atoms with van der Waals surface area (Å²) in [5.41, 5.74) is 2.24. The van der Waals surface area contributed by atoms with Gasteiger partial charge in [-0.1, -0.05) is 19.8 Å². The third-order valence-corrected chi connectivity index (χ3v) is 2.41. The minimum atomic E-state index is 0.540. The van der Waals surface area contributed by atoms with E-state index in [1.54, 1.807) is 0 Å². The highest BCUT2D eigenvalue weighted by molar-refractivity contribution is 5.46. The van der Waals surface area contributed by atoms with Crippen molar-refractivity contribution in [3.05, 3.63) is 11.9 Å². The molecule has 3 nitrogen and oxygen atoms in total. The number of hydrogen-bond acceptors (Lipinski definition) is 2. The molecule has 1 atom stereocenters. The van der Waals surface area contributed by atoms with Crippen LogP contribution in [0.15, 0.2) is 6.20 Å². The fourth-order valence-electron chi connectivity index (χ4n) is 1.59. The van der Waals surface area contributed by atoms with E-state index in [0.717, 1.165) is 11.4 Å². The molecule has 1 heterocycles. The van der Waals surface area contributed by atoms with Crippen LogP contribution in [0.5, 0.6) is 0 Å². The first-order valence-electron chi connectivity index (χ1n) is 5.40. The molecule has 0 bridgehead atoms. The molecule has 14 heavy (non-hydrogen) atoms. The lowest BCUT2D eigenvalue weighted by Gasteiger charge is -2.13. The van der Waals surface area contributed by atoms with Gasteiger partial charge in [0, 0.05) is 19.3 Å². The third-order valence-electron chi connectivity index (χ3n) is 2.41. The van der Waals surface area contributed by atoms with Crippen LogP contribution in [-0.4, -0.2) is 15.8 Å². The van der Waals surface area contributed by atoms with Crippen LogP contribution in [-0.2, 0) is 7.05 Å². The van der Waals surface area contributed by atoms with Crippen molar-refractivity contribution in [2.24, 2.45) is 7.05 Å². The lowest BCUT2D eigenvalue weighted by molar-refractivity contribution is 0.645. The summed E-state index contributed by atoms with van der Waals surface area (Å²) < 4.78 is 1.85. The van der Waals surface area contributed by atoms with Crippen LogP contribution in [0.25, 0.3) is 0 Å². The number of aromatic nitrogens is 2. The number of nitrogens with one attached hydrogen (secondary N) is 1. The third kappa shape index (κ3) is 3.05. The number of anilines is 1. The Morgan fingerprint density at radius 2 is 2.29 bits per heavy atom. The van der Waals surface area contributed by atoms with Crippen LogP contribution in [0.4, 0.5) is 5.69 Å². The molecule has 1 N–H and O–H groups in total. The van der Waals surface area contributed by atoms with Crippen LogP contribution in [0.3, 0.4) is 0 Å². The molecule has 80 valence electrons. The van der Waals surface area contributed by atoms with Crippen LogP contribution < -0.4 is 5.32 Å². The second-order valence-corrected chi connectivity index (χ2v) is 3.99. The summed E-state index contributed by atoms with van der Waals surface area (Å²) >= 11 is 0. The summed E-state index contributed by atoms with van der Waals surface area (Å²) in [6.07, 6.45) is 5.81. The average molecular weight is 195 g/mol. The van der Waals surface area contributed by atoms with Gasteiger partial charge in [0.25, 0.3) is 0 Å². The van der Waals surface area contributed by atoms with Crippen LogP contribution >= 0.6 is 0 Å². The molecule has 0 saturated heterocycles. The molecule has 1 aromatic rings. The maximum Gasteiger partial charge on any atom is 0.0825 e. The number of nitrogens with zero attached hydrogens (tertiary/aromatic N) is 2. The van der Waals surface area contributed by atoms with E-state index in [1.807, 2.05) is 24.9 Å². The van der Waals surface area contributed by atoms with Gasteiger partial charge in [-0.05, 0) is 20.3 Å². The highest BCUT2D eigenvalue weighted by Gasteiger charge is 2.06. The van der Waals surface area contributed by atoms with E-state index < -0.39 is 0 Å². The Hall–Kier alpha value is -0.990. The molecule has 0 fully saturated rings. The summed E-state index contributed by atoms with van der Waals surface area (Å²) in [7, 11) is 1.95. The predicted octanol–water partition coefficient (Wildman–Crippen LogP) is 2.72. The van der Waals surface area contributed by atoms with Crippen molar-refractivity contribution >= 4 is 5.69 Å². The molecule has 1 unspecified atom stereocenters. The number of hydrogen-bond donors (Lipinski definition) is 1. The van der Waals surface area contributed by atoms with Crippen molar-refractivity contribution in [3.8, 4) is 0 Å². The maximum atomic E-state index is 4.30. The van der Waals surface area contributed by atoms with Gasteiger partial charge in [-0.3, -0.25) is 4.68 Å². The topological polar surface area (TPSA) is 29.9 Å². The zero-order valence-corrected chi connectivity index (χ0v) is 9.67. The molecule has 0 saturated carbocycles. The predicted molar refractivity (Wildman–Crippen MR) is 60.6 cm³/mol. The Kier molecular flexibility index (Phi) is 3.98. The van der Waals surface area contributed by atoms with Gasteiger partial charge in [0.1, 0.15) is 0 Å². The van der Waals surface area contributed by atoms with Crippen molar-refractivity contribution in [2.75, 3.05) is 5.32 Å². The summed E-state index contributed by atoms with van der Waals surface area (Å²) in [5, 5.41) is 7.78. The maximum absolute atomic E-state index is 4.30. The standard InChI is InChI=1S/C11H21N3/c1-5-6-7-9(2)12-11-8-14(4)13-10(11)3/h8-9,12H,5-7H2,1-4H3. The van der Waals surface area contributed by atoms with Crippen LogP contribution in [0, 0.1) is 6.92 Å². The monoisotopic (exact) mass is 195 g/mol. The molecular weight excluding hydrogens is 174 g/mol. The number of rotatable bonds is 5. The second-order valence-electron chi connectivity index (χ2n) is 3.99. The molecule has 0 spiro atoms. The molecule has 0 amide bonds. The lowest BCUT2D eigenvalue weighted by atomic mass is 10.1. The second kappa shape index (κ2) is 5.03. The van der Waals surface area contributed by atoms with E-state index in [0.29, 0.717) is 6.04 Å². The zero-order chi connectivity index (χ0) is 10.6. The summed E-state index contributed by atoms with van der Waals surface area (Å²) in [5.74, 6) is 0. The van der Waals surface area contributed by atoms with Crippen molar-refractivity contribution in [3.63, 3.8) is 0 Å². The number of aryl methyl sites for hydroxylation is 2. The highest BCUT2D eigenvalue weighted by atomic mass is 15.3. The fourth-order valence-corrected chi connectivity index (χ4v) is 1.59. The molecule has 1 aromatic heterocycles. The summed E-state index contributed by atoms with van der Waals surface area (Å²) in [6.45, 7) is 6.49. The molecular formula is C11H21N3. The van der Waals surface area contributed by atoms with E-state index in [4.69, 9.17) is 0 Å². The lowest BCUT2D eigenvalue weighted by Crippen LogP contribution is -2.14. The van der Waals surface area contributed by atoms with E-state index >= 15 is 0 Å². The molecule has 0 aromatic carbocycles. The Morgan fingerprint density at radius 1 is 1.57 bits per heavy atom. The van der Waals surface area contributed by atoms with Gasteiger partial charge in [0.05, 0.1) is 11.4 Å². The Labute approximate surface area is 86.5 Å². The van der Waals surface area contributed by atoms with Gasteiger partial charge in [-0.15, -0.1) is 0 Å². The van der Waals surface area contributed by atoms with E-state index in [-0.39, 0.29) is 0 Å². The smallest absolute Gasteiger partial charge is 0.0825 e. The number of unbranched alkanes of at least 4 members (excludes halogenated alkanes) is 1. The van der Waals surface area contributed by atoms with Crippen LogP contribution in [0.1, 0.15) is 38.8 Å². The average Bonchev–Trinajstić information content (AvgIpc) is 2.42. The molecule has 0 aliphatic rings. The molecule has 0 aliphatic heterocycles. The Morgan fingerprint density at radius 3 is 2.79 bits per heavy atom. The first-order valence-corrected chi connectivity index (χ1v) is 5.40. The van der Waals surface area contributed by atoms with Gasteiger partial charge in [-0.2, -0.15) is 5.10 Å². The largest absolute Gasteiger partial charge is 0.380 e. The minimum Gasteiger partial charge on any atom is -0.380 e. The van der Waals surface area contributed by atoms with Gasteiger partial charge in [-0.25, -0.2) is 0 Å². The molecule has 3 heteroatoms. The first-order chi connectivity index (χ1) is 6.63. The zero-order valence-electron chi connectivity index (χ0n) is 9.67. The normalized spacial score (nSPS) is 12.9. The molecule has 1 rings (SSSR count). The minimum absolute atomic E-state index is 0.540. The fraction of sp³-hybridized carbons (Fsp3) is 0.727. The van der Waals surface area contributed by atoms with Gasteiger partial charge in [0.15, 0.2) is 0 Å². The van der Waals surface area contributed by atoms with E-state index in [2.05, 4.69) is 24.3 Å². The van der Waals surface area contributed by atoms with Crippen molar-refractivity contribution in [1.29, 1.82) is 0 Å².